The molecule has 0 aliphatic carbocycles. The van der Waals surface area contributed by atoms with Gasteiger partial charge in [-0.1, -0.05) is 90.3 Å². The molecule has 0 aromatic carbocycles. The van der Waals surface area contributed by atoms with Gasteiger partial charge in [-0.25, -0.2) is 0 Å². The molecule has 4 nitrogen and oxygen atoms in total. The van der Waals surface area contributed by atoms with Crippen molar-refractivity contribution in [3.05, 3.63) is 60.8 Å². The van der Waals surface area contributed by atoms with E-state index < -0.39 is 24.3 Å². The predicted octanol–water partition coefficient (Wildman–Crippen LogP) is 3.80. The van der Waals surface area contributed by atoms with Gasteiger partial charge in [0.25, 0.3) is 0 Å². The molecular weight excluding hydrogens is 352 g/mol. The first-order valence-corrected chi connectivity index (χ1v) is 10.0. The Hall–Kier alpha value is -2.36. The van der Waals surface area contributed by atoms with Crippen molar-refractivity contribution in [3.8, 4) is 0 Å². The first kappa shape index (κ1) is 25.6. The van der Waals surface area contributed by atoms with Crippen molar-refractivity contribution in [2.24, 2.45) is 5.92 Å². The Kier molecular flexibility index (Phi) is 13.4. The highest BCUT2D eigenvalue weighted by Crippen LogP contribution is 2.23. The van der Waals surface area contributed by atoms with Crippen molar-refractivity contribution in [1.29, 1.82) is 0 Å². The van der Waals surface area contributed by atoms with Gasteiger partial charge in [-0.2, -0.15) is 0 Å². The van der Waals surface area contributed by atoms with Crippen LogP contribution in [0.2, 0.25) is 0 Å². The number of allylic oxidation sites excluding steroid dienone is 5. The van der Waals surface area contributed by atoms with Gasteiger partial charge in [0.15, 0.2) is 0 Å². The molecule has 1 unspecified atom stereocenters. The van der Waals surface area contributed by atoms with Crippen LogP contribution < -0.4 is 10.2 Å². The standard InChI is InChI=1S/C24H36O4/c1-6-7-8-9-10-11-12-13-14-18(2)21(5)19(3)15-16-20(4)22(24(27)28)17-23(25)26/h15-16,22H,2-14,17H2,1H3,(H,25,26)(H,27,28)/p-2/b16-15+. The molecule has 28 heavy (non-hydrogen) atoms. The molecular formula is C24H34O4-2. The number of hydrogen-bond donors (Lipinski definition) is 0. The zero-order chi connectivity index (χ0) is 21.5. The smallest absolute Gasteiger partial charge is 0.0492 e. The first-order valence-electron chi connectivity index (χ1n) is 10.0. The number of aliphatic carboxylic acids is 2. The summed E-state index contributed by atoms with van der Waals surface area (Å²) in [4.78, 5) is 21.7. The van der Waals surface area contributed by atoms with Gasteiger partial charge in [-0.05, 0) is 41.6 Å². The number of rotatable bonds is 17. The lowest BCUT2D eigenvalue weighted by Crippen LogP contribution is -2.36. The number of carbonyl (C=O) groups is 2. The van der Waals surface area contributed by atoms with Gasteiger partial charge in [-0.15, -0.1) is 0 Å². The van der Waals surface area contributed by atoms with Crippen LogP contribution in [-0.2, 0) is 9.59 Å². The summed E-state index contributed by atoms with van der Waals surface area (Å²) >= 11 is 0. The van der Waals surface area contributed by atoms with Crippen LogP contribution in [0.25, 0.3) is 0 Å². The third-order valence-corrected chi connectivity index (χ3v) is 4.75. The van der Waals surface area contributed by atoms with Crippen molar-refractivity contribution in [3.63, 3.8) is 0 Å². The van der Waals surface area contributed by atoms with Crippen LogP contribution in [0.5, 0.6) is 0 Å². The Bertz CT molecular complexity index is 610. The highest BCUT2D eigenvalue weighted by molar-refractivity contribution is 5.79. The van der Waals surface area contributed by atoms with E-state index in [4.69, 9.17) is 0 Å². The quantitative estimate of drug-likeness (QED) is 0.281. The average Bonchev–Trinajstić information content (AvgIpc) is 2.64. The van der Waals surface area contributed by atoms with Gasteiger partial charge in [-0.3, -0.25) is 0 Å². The minimum absolute atomic E-state index is 0.117. The van der Waals surface area contributed by atoms with Crippen LogP contribution >= 0.6 is 0 Å². The molecule has 0 radical (unpaired) electrons. The van der Waals surface area contributed by atoms with Crippen LogP contribution in [0.3, 0.4) is 0 Å². The normalized spacial score (nSPS) is 11.9. The molecule has 0 bridgehead atoms. The third kappa shape index (κ3) is 11.4. The van der Waals surface area contributed by atoms with Crippen molar-refractivity contribution in [2.75, 3.05) is 0 Å². The summed E-state index contributed by atoms with van der Waals surface area (Å²) in [5, 5.41) is 21.7. The second kappa shape index (κ2) is 14.7. The molecule has 0 aromatic rings. The van der Waals surface area contributed by atoms with Crippen molar-refractivity contribution < 1.29 is 19.8 Å². The molecule has 0 amide bonds. The van der Waals surface area contributed by atoms with Crippen LogP contribution in [-0.4, -0.2) is 11.9 Å². The van der Waals surface area contributed by atoms with Crippen molar-refractivity contribution in [2.45, 2.75) is 71.1 Å². The fourth-order valence-electron chi connectivity index (χ4n) is 2.81. The summed E-state index contributed by atoms with van der Waals surface area (Å²) in [7, 11) is 0. The fraction of sp³-hybridized carbons (Fsp3) is 0.500. The number of carboxylic acid groups (broad SMARTS) is 2. The number of hydrogen-bond acceptors (Lipinski definition) is 4. The van der Waals surface area contributed by atoms with Crippen LogP contribution in [0, 0.1) is 5.92 Å². The van der Waals surface area contributed by atoms with E-state index >= 15 is 0 Å². The molecule has 0 N–H and O–H groups in total. The van der Waals surface area contributed by atoms with E-state index in [1.165, 1.54) is 44.6 Å². The Morgan fingerprint density at radius 2 is 1.39 bits per heavy atom. The van der Waals surface area contributed by atoms with Crippen molar-refractivity contribution in [1.82, 2.24) is 0 Å². The lowest BCUT2D eigenvalue weighted by molar-refractivity contribution is -0.319. The van der Waals surface area contributed by atoms with Gasteiger partial charge in [0.05, 0.1) is 0 Å². The summed E-state index contributed by atoms with van der Waals surface area (Å²) in [6, 6.07) is 0. The molecule has 0 saturated heterocycles. The molecule has 156 valence electrons. The predicted molar refractivity (Wildman–Crippen MR) is 111 cm³/mol. The minimum atomic E-state index is -1.50. The molecule has 0 heterocycles. The second-order valence-corrected chi connectivity index (χ2v) is 7.19. The largest absolute Gasteiger partial charge is 0.550 e. The molecule has 0 aromatic heterocycles. The number of carbonyl (C=O) groups excluding carboxylic acids is 2. The molecule has 1 atom stereocenters. The van der Waals surface area contributed by atoms with Gasteiger partial charge in [0.1, 0.15) is 0 Å². The molecule has 0 rings (SSSR count). The van der Waals surface area contributed by atoms with E-state index in [0.29, 0.717) is 11.1 Å². The topological polar surface area (TPSA) is 80.3 Å². The average molecular weight is 387 g/mol. The number of carboxylic acids is 2. The van der Waals surface area contributed by atoms with E-state index in [2.05, 4.69) is 33.2 Å². The molecule has 0 spiro atoms. The minimum Gasteiger partial charge on any atom is -0.550 e. The number of unbranched alkanes of at least 4 members (excludes halogenated alkanes) is 7. The monoisotopic (exact) mass is 386 g/mol. The maximum absolute atomic E-state index is 11.1. The Morgan fingerprint density at radius 1 is 0.857 bits per heavy atom. The summed E-state index contributed by atoms with van der Waals surface area (Å²) < 4.78 is 0. The molecule has 0 fully saturated rings. The van der Waals surface area contributed by atoms with E-state index in [1.807, 2.05) is 0 Å². The summed E-state index contributed by atoms with van der Waals surface area (Å²) in [6.45, 7) is 17.8. The van der Waals surface area contributed by atoms with Crippen LogP contribution in [0.15, 0.2) is 60.8 Å². The molecule has 4 heteroatoms. The third-order valence-electron chi connectivity index (χ3n) is 4.75. The summed E-state index contributed by atoms with van der Waals surface area (Å²) in [6.07, 6.45) is 13.1. The van der Waals surface area contributed by atoms with E-state index in [1.54, 1.807) is 6.08 Å². The van der Waals surface area contributed by atoms with Gasteiger partial charge < -0.3 is 19.8 Å². The Labute approximate surface area is 170 Å². The van der Waals surface area contributed by atoms with Gasteiger partial charge >= 0.3 is 0 Å². The van der Waals surface area contributed by atoms with Crippen LogP contribution in [0.1, 0.15) is 71.1 Å². The fourth-order valence-corrected chi connectivity index (χ4v) is 2.81. The van der Waals surface area contributed by atoms with E-state index in [0.717, 1.165) is 24.8 Å². The molecule has 0 saturated carbocycles. The molecule has 0 aliphatic heterocycles. The van der Waals surface area contributed by atoms with E-state index in [-0.39, 0.29) is 5.57 Å². The lowest BCUT2D eigenvalue weighted by atomic mass is 9.93. The Balaban J connectivity index is 4.34. The summed E-state index contributed by atoms with van der Waals surface area (Å²) in [5.41, 5.74) is 2.32. The van der Waals surface area contributed by atoms with E-state index in [9.17, 15) is 19.8 Å². The first-order chi connectivity index (χ1) is 13.2. The highest BCUT2D eigenvalue weighted by atomic mass is 16.4. The lowest BCUT2D eigenvalue weighted by Gasteiger charge is -2.19. The van der Waals surface area contributed by atoms with Gasteiger partial charge in [0, 0.05) is 17.9 Å². The maximum Gasteiger partial charge on any atom is 0.0492 e. The SMILES string of the molecule is C=C(/C=C/C(=C)C(CC(=O)[O-])C(=O)[O-])C(=C)C(=C)CCCCCCCCCC. The van der Waals surface area contributed by atoms with Crippen LogP contribution in [0.4, 0.5) is 0 Å². The zero-order valence-electron chi connectivity index (χ0n) is 17.3. The molecule has 0 aliphatic rings. The maximum atomic E-state index is 11.1. The summed E-state index contributed by atoms with van der Waals surface area (Å²) in [5.74, 6) is -4.30. The second-order valence-electron chi connectivity index (χ2n) is 7.19. The highest BCUT2D eigenvalue weighted by Gasteiger charge is 2.12. The van der Waals surface area contributed by atoms with Crippen molar-refractivity contribution >= 4 is 11.9 Å². The van der Waals surface area contributed by atoms with Gasteiger partial charge in [0.2, 0.25) is 0 Å². The zero-order valence-corrected chi connectivity index (χ0v) is 17.3. The Morgan fingerprint density at radius 3 is 1.89 bits per heavy atom.